The van der Waals surface area contributed by atoms with Gasteiger partial charge in [-0.15, -0.1) is 0 Å². The number of amides is 1. The number of hydrogen-bond acceptors (Lipinski definition) is 4. The van der Waals surface area contributed by atoms with Crippen molar-refractivity contribution in [3.05, 3.63) is 69.7 Å². The highest BCUT2D eigenvalue weighted by Crippen LogP contribution is 2.29. The average Bonchev–Trinajstić information content (AvgIpc) is 2.66. The van der Waals surface area contributed by atoms with Crippen molar-refractivity contribution in [1.29, 1.82) is 0 Å². The normalized spacial score (nSPS) is 19.7. The van der Waals surface area contributed by atoms with Crippen LogP contribution in [-0.4, -0.2) is 31.1 Å². The second-order valence-electron chi connectivity index (χ2n) is 5.82. The SMILES string of the molecule is O=C(OCCC1OC(c2ccc(Cl)c(Cl)c2)CNC1=O)c1ccccc1. The molecule has 1 amide bonds. The van der Waals surface area contributed by atoms with Crippen LogP contribution >= 0.6 is 23.2 Å². The average molecular weight is 394 g/mol. The predicted molar refractivity (Wildman–Crippen MR) is 98.4 cm³/mol. The molecule has 1 aliphatic heterocycles. The quantitative estimate of drug-likeness (QED) is 0.784. The highest BCUT2D eigenvalue weighted by Gasteiger charge is 2.30. The Kier molecular flexibility index (Phi) is 6.14. The lowest BCUT2D eigenvalue weighted by Crippen LogP contribution is -2.46. The molecular weight excluding hydrogens is 377 g/mol. The van der Waals surface area contributed by atoms with E-state index in [1.165, 1.54) is 0 Å². The fourth-order valence-corrected chi connectivity index (χ4v) is 2.95. The van der Waals surface area contributed by atoms with E-state index in [1.54, 1.807) is 36.4 Å². The molecule has 2 aromatic rings. The second kappa shape index (κ2) is 8.54. The topological polar surface area (TPSA) is 64.6 Å². The Morgan fingerprint density at radius 2 is 1.92 bits per heavy atom. The van der Waals surface area contributed by atoms with E-state index in [0.29, 0.717) is 22.2 Å². The number of carbonyl (C=O) groups excluding carboxylic acids is 2. The molecule has 2 aromatic carbocycles. The summed E-state index contributed by atoms with van der Waals surface area (Å²) in [6.07, 6.45) is -0.772. The maximum Gasteiger partial charge on any atom is 0.338 e. The summed E-state index contributed by atoms with van der Waals surface area (Å²) in [6.45, 7) is 0.428. The molecule has 7 heteroatoms. The van der Waals surface area contributed by atoms with Gasteiger partial charge in [-0.25, -0.2) is 4.79 Å². The molecule has 0 aromatic heterocycles. The highest BCUT2D eigenvalue weighted by atomic mass is 35.5. The summed E-state index contributed by atoms with van der Waals surface area (Å²) in [6, 6.07) is 13.9. The third-order valence-corrected chi connectivity index (χ3v) is 4.76. The first-order chi connectivity index (χ1) is 12.5. The first-order valence-corrected chi connectivity index (χ1v) is 8.90. The number of rotatable bonds is 5. The molecule has 2 unspecified atom stereocenters. The zero-order valence-corrected chi connectivity index (χ0v) is 15.3. The van der Waals surface area contributed by atoms with Gasteiger partial charge < -0.3 is 14.8 Å². The molecule has 1 N–H and O–H groups in total. The number of ether oxygens (including phenoxy) is 2. The molecule has 0 radical (unpaired) electrons. The smallest absolute Gasteiger partial charge is 0.338 e. The number of benzene rings is 2. The third kappa shape index (κ3) is 4.55. The molecule has 0 bridgehead atoms. The number of carbonyl (C=O) groups is 2. The van der Waals surface area contributed by atoms with Gasteiger partial charge >= 0.3 is 5.97 Å². The third-order valence-electron chi connectivity index (χ3n) is 4.02. The van der Waals surface area contributed by atoms with E-state index >= 15 is 0 Å². The van der Waals surface area contributed by atoms with Crippen molar-refractivity contribution >= 4 is 35.1 Å². The van der Waals surface area contributed by atoms with E-state index in [1.807, 2.05) is 12.1 Å². The molecule has 2 atom stereocenters. The van der Waals surface area contributed by atoms with E-state index in [2.05, 4.69) is 5.32 Å². The van der Waals surface area contributed by atoms with Crippen LogP contribution in [0.25, 0.3) is 0 Å². The van der Waals surface area contributed by atoms with Crippen LogP contribution in [0, 0.1) is 0 Å². The fraction of sp³-hybridized carbons (Fsp3) is 0.263. The highest BCUT2D eigenvalue weighted by molar-refractivity contribution is 6.42. The van der Waals surface area contributed by atoms with Gasteiger partial charge in [0, 0.05) is 13.0 Å². The summed E-state index contributed by atoms with van der Waals surface area (Å²) in [7, 11) is 0. The zero-order valence-electron chi connectivity index (χ0n) is 13.8. The van der Waals surface area contributed by atoms with Gasteiger partial charge in [-0.1, -0.05) is 47.5 Å². The summed E-state index contributed by atoms with van der Waals surface area (Å²) in [5.41, 5.74) is 1.29. The number of esters is 1. The first-order valence-electron chi connectivity index (χ1n) is 8.15. The number of hydrogen-bond donors (Lipinski definition) is 1. The van der Waals surface area contributed by atoms with E-state index in [0.717, 1.165) is 5.56 Å². The number of halogens is 2. The van der Waals surface area contributed by atoms with E-state index < -0.39 is 12.1 Å². The number of nitrogens with one attached hydrogen (secondary N) is 1. The Bertz CT molecular complexity index is 797. The van der Waals surface area contributed by atoms with Crippen LogP contribution in [0.15, 0.2) is 48.5 Å². The molecule has 0 spiro atoms. The summed E-state index contributed by atoms with van der Waals surface area (Å²) in [4.78, 5) is 23.9. The lowest BCUT2D eigenvalue weighted by atomic mass is 10.1. The van der Waals surface area contributed by atoms with Crippen LogP contribution in [0.3, 0.4) is 0 Å². The lowest BCUT2D eigenvalue weighted by molar-refractivity contribution is -0.146. The van der Waals surface area contributed by atoms with Crippen molar-refractivity contribution in [3.63, 3.8) is 0 Å². The Morgan fingerprint density at radius 3 is 2.65 bits per heavy atom. The van der Waals surface area contributed by atoms with E-state index in [-0.39, 0.29) is 25.0 Å². The minimum absolute atomic E-state index is 0.0832. The maximum atomic E-state index is 12.0. The van der Waals surface area contributed by atoms with Crippen molar-refractivity contribution < 1.29 is 19.1 Å². The standard InChI is InChI=1S/C19H17Cl2NO4/c20-14-7-6-13(10-15(14)21)17-11-22-18(23)16(26-17)8-9-25-19(24)12-4-2-1-3-5-12/h1-7,10,16-17H,8-9,11H2,(H,22,23). The van der Waals surface area contributed by atoms with Crippen LogP contribution in [0.5, 0.6) is 0 Å². The van der Waals surface area contributed by atoms with E-state index in [9.17, 15) is 9.59 Å². The van der Waals surface area contributed by atoms with Crippen LogP contribution in [0.4, 0.5) is 0 Å². The Morgan fingerprint density at radius 1 is 1.15 bits per heavy atom. The predicted octanol–water partition coefficient (Wildman–Crippen LogP) is 3.80. The first kappa shape index (κ1) is 18.7. The van der Waals surface area contributed by atoms with Crippen molar-refractivity contribution in [2.24, 2.45) is 0 Å². The fourth-order valence-electron chi connectivity index (χ4n) is 2.64. The molecule has 0 saturated carbocycles. The minimum Gasteiger partial charge on any atom is -0.462 e. The molecule has 1 saturated heterocycles. The molecule has 3 rings (SSSR count). The summed E-state index contributed by atoms with van der Waals surface area (Å²) >= 11 is 12.0. The van der Waals surface area contributed by atoms with Crippen LogP contribution in [0.2, 0.25) is 10.0 Å². The molecule has 1 aliphatic rings. The molecule has 136 valence electrons. The van der Waals surface area contributed by atoms with Gasteiger partial charge in [0.05, 0.1) is 22.2 Å². The largest absolute Gasteiger partial charge is 0.462 e. The van der Waals surface area contributed by atoms with Crippen molar-refractivity contribution in [1.82, 2.24) is 5.32 Å². The molecule has 5 nitrogen and oxygen atoms in total. The Labute approximate surface area is 161 Å². The van der Waals surface area contributed by atoms with Crippen molar-refractivity contribution in [2.45, 2.75) is 18.6 Å². The minimum atomic E-state index is -0.702. The van der Waals surface area contributed by atoms with Gasteiger partial charge in [-0.05, 0) is 29.8 Å². The van der Waals surface area contributed by atoms with Gasteiger partial charge in [-0.2, -0.15) is 0 Å². The number of morpholine rings is 1. The zero-order chi connectivity index (χ0) is 18.5. The molecular formula is C19H17Cl2NO4. The Hall–Kier alpha value is -2.08. The summed E-state index contributed by atoms with van der Waals surface area (Å²) in [5.74, 6) is -0.653. The molecule has 1 heterocycles. The molecule has 1 fully saturated rings. The van der Waals surface area contributed by atoms with Gasteiger partial charge in [0.25, 0.3) is 0 Å². The van der Waals surface area contributed by atoms with Crippen LogP contribution in [0.1, 0.15) is 28.4 Å². The summed E-state index contributed by atoms with van der Waals surface area (Å²) in [5, 5.41) is 3.69. The van der Waals surface area contributed by atoms with Crippen molar-refractivity contribution in [2.75, 3.05) is 13.2 Å². The molecule has 26 heavy (non-hydrogen) atoms. The second-order valence-corrected chi connectivity index (χ2v) is 6.64. The van der Waals surface area contributed by atoms with Gasteiger partial charge in [0.15, 0.2) is 0 Å². The van der Waals surface area contributed by atoms with Crippen LogP contribution < -0.4 is 5.32 Å². The van der Waals surface area contributed by atoms with Crippen molar-refractivity contribution in [3.8, 4) is 0 Å². The van der Waals surface area contributed by atoms with Crippen LogP contribution in [-0.2, 0) is 14.3 Å². The van der Waals surface area contributed by atoms with Gasteiger partial charge in [0.2, 0.25) is 5.91 Å². The lowest BCUT2D eigenvalue weighted by Gasteiger charge is -2.30. The van der Waals surface area contributed by atoms with Gasteiger partial charge in [-0.3, -0.25) is 4.79 Å². The maximum absolute atomic E-state index is 12.0. The monoisotopic (exact) mass is 393 g/mol. The summed E-state index contributed by atoms with van der Waals surface area (Å²) < 4.78 is 11.1. The Balaban J connectivity index is 1.56. The van der Waals surface area contributed by atoms with Gasteiger partial charge in [0.1, 0.15) is 12.2 Å². The van der Waals surface area contributed by atoms with E-state index in [4.69, 9.17) is 32.7 Å². The molecule has 0 aliphatic carbocycles.